The molecule has 7 heteroatoms. The van der Waals surface area contributed by atoms with Gasteiger partial charge >= 0.3 is 0 Å². The fourth-order valence-electron chi connectivity index (χ4n) is 2.64. The van der Waals surface area contributed by atoms with Gasteiger partial charge in [0.2, 0.25) is 6.79 Å². The first-order valence-corrected chi connectivity index (χ1v) is 7.70. The van der Waals surface area contributed by atoms with E-state index in [0.29, 0.717) is 29.4 Å². The van der Waals surface area contributed by atoms with Crippen LogP contribution in [0.15, 0.2) is 17.7 Å². The summed E-state index contributed by atoms with van der Waals surface area (Å²) in [6.07, 6.45) is 3.41. The summed E-state index contributed by atoms with van der Waals surface area (Å²) in [5, 5.41) is 12.0. The fourth-order valence-corrected chi connectivity index (χ4v) is 2.64. The third kappa shape index (κ3) is 3.44. The highest BCUT2D eigenvalue weighted by Gasteiger charge is 2.20. The van der Waals surface area contributed by atoms with Gasteiger partial charge in [-0.05, 0) is 25.0 Å². The highest BCUT2D eigenvalue weighted by Crippen LogP contribution is 2.38. The lowest BCUT2D eigenvalue weighted by molar-refractivity contribution is -0.117. The smallest absolute Gasteiger partial charge is 0.262 e. The predicted molar refractivity (Wildman–Crippen MR) is 84.7 cm³/mol. The van der Waals surface area contributed by atoms with Gasteiger partial charge in [0.15, 0.2) is 11.5 Å². The number of hydrogen-bond acceptors (Lipinski definition) is 6. The average molecular weight is 330 g/mol. The van der Waals surface area contributed by atoms with E-state index in [4.69, 9.17) is 18.9 Å². The maximum atomic E-state index is 12.2. The molecule has 0 spiro atoms. The van der Waals surface area contributed by atoms with Gasteiger partial charge in [0.05, 0.1) is 13.2 Å². The number of hydrogen-bond donors (Lipinski definition) is 1. The lowest BCUT2D eigenvalue weighted by Gasteiger charge is -2.11. The third-order valence-corrected chi connectivity index (χ3v) is 3.90. The van der Waals surface area contributed by atoms with Gasteiger partial charge in [0, 0.05) is 24.8 Å². The second-order valence-electron chi connectivity index (χ2n) is 5.46. The van der Waals surface area contributed by atoms with Crippen molar-refractivity contribution < 1.29 is 23.7 Å². The highest BCUT2D eigenvalue weighted by atomic mass is 16.7. The van der Waals surface area contributed by atoms with Gasteiger partial charge in [0.25, 0.3) is 5.91 Å². The van der Waals surface area contributed by atoms with E-state index >= 15 is 0 Å². The van der Waals surface area contributed by atoms with Gasteiger partial charge < -0.3 is 24.3 Å². The normalized spacial score (nSPS) is 19.0. The van der Waals surface area contributed by atoms with Crippen LogP contribution in [-0.2, 0) is 9.53 Å². The van der Waals surface area contributed by atoms with Crippen molar-refractivity contribution in [3.8, 4) is 23.3 Å². The van der Waals surface area contributed by atoms with Crippen molar-refractivity contribution in [2.24, 2.45) is 0 Å². The minimum atomic E-state index is -0.437. The number of nitrogens with zero attached hydrogens (tertiary/aromatic N) is 1. The van der Waals surface area contributed by atoms with E-state index in [1.54, 1.807) is 12.1 Å². The van der Waals surface area contributed by atoms with Crippen LogP contribution in [0.25, 0.3) is 6.08 Å². The van der Waals surface area contributed by atoms with Crippen molar-refractivity contribution in [3.05, 3.63) is 23.3 Å². The first-order chi connectivity index (χ1) is 11.7. The summed E-state index contributed by atoms with van der Waals surface area (Å²) in [6.45, 7) is 1.25. The Bertz CT molecular complexity index is 702. The molecule has 1 N–H and O–H groups in total. The Morgan fingerprint density at radius 1 is 1.46 bits per heavy atom. The number of ether oxygens (including phenoxy) is 4. The summed E-state index contributed by atoms with van der Waals surface area (Å²) in [6, 6.07) is 5.29. The Labute approximate surface area is 139 Å². The van der Waals surface area contributed by atoms with Crippen LogP contribution in [0, 0.1) is 11.3 Å². The second-order valence-corrected chi connectivity index (χ2v) is 5.46. The third-order valence-electron chi connectivity index (χ3n) is 3.90. The van der Waals surface area contributed by atoms with Crippen molar-refractivity contribution in [3.63, 3.8) is 0 Å². The first-order valence-electron chi connectivity index (χ1n) is 7.70. The molecule has 0 unspecified atom stereocenters. The van der Waals surface area contributed by atoms with Crippen molar-refractivity contribution in [2.45, 2.75) is 18.9 Å². The van der Waals surface area contributed by atoms with E-state index in [0.717, 1.165) is 19.4 Å². The lowest BCUT2D eigenvalue weighted by atomic mass is 10.1. The molecule has 3 rings (SSSR count). The molecule has 1 atom stereocenters. The Kier molecular flexibility index (Phi) is 4.87. The molecule has 0 aromatic heterocycles. The number of fused-ring (bicyclic) bond motifs is 1. The molecule has 1 fully saturated rings. The zero-order valence-electron chi connectivity index (χ0n) is 13.3. The van der Waals surface area contributed by atoms with Gasteiger partial charge in [-0.3, -0.25) is 4.79 Å². The zero-order chi connectivity index (χ0) is 16.9. The molecule has 7 nitrogen and oxygen atoms in total. The molecule has 2 aliphatic rings. The van der Waals surface area contributed by atoms with E-state index in [1.165, 1.54) is 13.2 Å². The zero-order valence-corrected chi connectivity index (χ0v) is 13.3. The molecule has 0 aliphatic carbocycles. The molecule has 24 heavy (non-hydrogen) atoms. The number of benzene rings is 1. The summed E-state index contributed by atoms with van der Waals surface area (Å²) >= 11 is 0. The molecule has 2 aliphatic heterocycles. The summed E-state index contributed by atoms with van der Waals surface area (Å²) in [5.41, 5.74) is 0.565. The molecule has 2 heterocycles. The van der Waals surface area contributed by atoms with Gasteiger partial charge in [0.1, 0.15) is 17.4 Å². The number of carbonyl (C=O) groups excluding carboxylic acids is 1. The molecular formula is C17H18N2O5. The van der Waals surface area contributed by atoms with Crippen LogP contribution in [0.4, 0.5) is 0 Å². The average Bonchev–Trinajstić information content (AvgIpc) is 3.27. The van der Waals surface area contributed by atoms with Crippen molar-refractivity contribution in [1.29, 1.82) is 5.26 Å². The number of nitriles is 1. The van der Waals surface area contributed by atoms with Crippen LogP contribution in [0.1, 0.15) is 18.4 Å². The Balaban J connectivity index is 1.77. The van der Waals surface area contributed by atoms with Crippen LogP contribution >= 0.6 is 0 Å². The first kappa shape index (κ1) is 16.1. The molecule has 126 valence electrons. The van der Waals surface area contributed by atoms with Gasteiger partial charge in [-0.25, -0.2) is 0 Å². The number of nitrogens with one attached hydrogen (secondary N) is 1. The largest absolute Gasteiger partial charge is 0.496 e. The SMILES string of the molecule is COc1cc2c(cc1/C=C(\C#N)C(=O)NC[C@@H]1CCCO1)OCO2. The lowest BCUT2D eigenvalue weighted by Crippen LogP contribution is -2.32. The van der Waals surface area contributed by atoms with E-state index in [-0.39, 0.29) is 18.5 Å². The highest BCUT2D eigenvalue weighted by molar-refractivity contribution is 6.02. The van der Waals surface area contributed by atoms with Gasteiger partial charge in [-0.1, -0.05) is 0 Å². The molecule has 0 radical (unpaired) electrons. The van der Waals surface area contributed by atoms with Crippen LogP contribution in [0.2, 0.25) is 0 Å². The molecule has 1 amide bonds. The maximum Gasteiger partial charge on any atom is 0.262 e. The molecule has 0 saturated carbocycles. The summed E-state index contributed by atoms with van der Waals surface area (Å²) < 4.78 is 21.4. The summed E-state index contributed by atoms with van der Waals surface area (Å²) in [4.78, 5) is 12.2. The molecule has 1 saturated heterocycles. The Morgan fingerprint density at radius 3 is 2.92 bits per heavy atom. The Morgan fingerprint density at radius 2 is 2.25 bits per heavy atom. The summed E-state index contributed by atoms with van der Waals surface area (Å²) in [5.74, 6) is 1.19. The standard InChI is InChI=1S/C17H18N2O5/c1-21-14-7-16-15(23-10-24-16)6-11(14)5-12(8-18)17(20)19-9-13-3-2-4-22-13/h5-7,13H,2-4,9-10H2,1H3,(H,19,20)/b12-5+/t13-/m0/s1. The van der Waals surface area contributed by atoms with Gasteiger partial charge in [-0.2, -0.15) is 5.26 Å². The second kappa shape index (κ2) is 7.23. The molecule has 0 bridgehead atoms. The van der Waals surface area contributed by atoms with E-state index < -0.39 is 5.91 Å². The van der Waals surface area contributed by atoms with E-state index in [1.807, 2.05) is 6.07 Å². The van der Waals surface area contributed by atoms with Gasteiger partial charge in [-0.15, -0.1) is 0 Å². The molecular weight excluding hydrogens is 312 g/mol. The van der Waals surface area contributed by atoms with Crippen LogP contribution < -0.4 is 19.5 Å². The monoisotopic (exact) mass is 330 g/mol. The fraction of sp³-hybridized carbons (Fsp3) is 0.412. The van der Waals surface area contributed by atoms with Crippen LogP contribution in [-0.4, -0.2) is 39.1 Å². The number of methoxy groups -OCH3 is 1. The van der Waals surface area contributed by atoms with Crippen molar-refractivity contribution in [2.75, 3.05) is 27.1 Å². The Hall–Kier alpha value is -2.72. The van der Waals surface area contributed by atoms with Crippen molar-refractivity contribution >= 4 is 12.0 Å². The topological polar surface area (TPSA) is 89.8 Å². The number of rotatable bonds is 5. The minimum Gasteiger partial charge on any atom is -0.496 e. The van der Waals surface area contributed by atoms with Crippen LogP contribution in [0.3, 0.4) is 0 Å². The van der Waals surface area contributed by atoms with Crippen LogP contribution in [0.5, 0.6) is 17.2 Å². The van der Waals surface area contributed by atoms with Crippen molar-refractivity contribution in [1.82, 2.24) is 5.32 Å². The minimum absolute atomic E-state index is 0.00911. The van der Waals surface area contributed by atoms with E-state index in [2.05, 4.69) is 5.32 Å². The van der Waals surface area contributed by atoms with E-state index in [9.17, 15) is 10.1 Å². The number of amides is 1. The predicted octanol–water partition coefficient (Wildman–Crippen LogP) is 1.63. The maximum absolute atomic E-state index is 12.2. The number of carbonyl (C=O) groups is 1. The molecule has 1 aromatic carbocycles. The summed E-state index contributed by atoms with van der Waals surface area (Å²) in [7, 11) is 1.51. The quantitative estimate of drug-likeness (QED) is 0.652. The molecule has 1 aromatic rings.